The van der Waals surface area contributed by atoms with Gasteiger partial charge < -0.3 is 4.74 Å². The van der Waals surface area contributed by atoms with Gasteiger partial charge in [-0.3, -0.25) is 14.9 Å². The summed E-state index contributed by atoms with van der Waals surface area (Å²) >= 11 is 0. The van der Waals surface area contributed by atoms with Crippen molar-refractivity contribution in [1.82, 2.24) is 24.1 Å². The van der Waals surface area contributed by atoms with Gasteiger partial charge in [-0.1, -0.05) is 12.8 Å². The third-order valence-electron chi connectivity index (χ3n) is 5.77. The molecule has 0 spiro atoms. The highest BCUT2D eigenvalue weighted by Crippen LogP contribution is 2.27. The lowest BCUT2D eigenvalue weighted by molar-refractivity contribution is 0.373. The topological polar surface area (TPSA) is 110 Å². The number of nitrogens with one attached hydrogen (secondary N) is 1. The second kappa shape index (κ2) is 8.64. The average Bonchev–Trinajstić information content (AvgIpc) is 3.44. The van der Waals surface area contributed by atoms with E-state index in [1.165, 1.54) is 27.3 Å². The lowest BCUT2D eigenvalue weighted by atomic mass is 10.1. The minimum absolute atomic E-state index is 0.0303. The third kappa shape index (κ3) is 4.13. The van der Waals surface area contributed by atoms with Crippen LogP contribution in [-0.2, 0) is 16.4 Å². The van der Waals surface area contributed by atoms with E-state index in [0.29, 0.717) is 23.6 Å². The molecule has 3 aromatic heterocycles. The Labute approximate surface area is 180 Å². The fourth-order valence-corrected chi connectivity index (χ4v) is 5.30. The number of ether oxygens (including phenoxy) is 1. The standard InChI is InChI=1S/C21H25N5O4S/c1-25(17-5-3-4-6-17)31(28,29)18-7-8-20(23-14-18)26-21(27)16(13-24-26)11-15-12-22-10-9-19(15)30-2/h7-10,12-14,17,24H,3-6,11H2,1-2H3. The molecule has 0 amide bonds. The number of pyridine rings is 2. The van der Waals surface area contributed by atoms with Crippen molar-refractivity contribution in [2.45, 2.75) is 43.0 Å². The molecule has 0 aromatic carbocycles. The van der Waals surface area contributed by atoms with E-state index >= 15 is 0 Å². The maximum atomic E-state index is 12.9. The van der Waals surface area contributed by atoms with Crippen molar-refractivity contribution < 1.29 is 13.2 Å². The first-order valence-corrected chi connectivity index (χ1v) is 11.6. The van der Waals surface area contributed by atoms with Crippen LogP contribution in [-0.4, -0.2) is 52.7 Å². The molecule has 31 heavy (non-hydrogen) atoms. The Bertz CT molecular complexity index is 1210. The van der Waals surface area contributed by atoms with Crippen molar-refractivity contribution in [3.05, 3.63) is 64.5 Å². The van der Waals surface area contributed by atoms with Crippen LogP contribution >= 0.6 is 0 Å². The van der Waals surface area contributed by atoms with E-state index in [9.17, 15) is 13.2 Å². The Morgan fingerprint density at radius 2 is 1.97 bits per heavy atom. The fraction of sp³-hybridized carbons (Fsp3) is 0.381. The molecule has 4 rings (SSSR count). The molecule has 10 heteroatoms. The summed E-state index contributed by atoms with van der Waals surface area (Å²) in [6.45, 7) is 0. The molecule has 0 atom stereocenters. The van der Waals surface area contributed by atoms with Gasteiger partial charge >= 0.3 is 0 Å². The van der Waals surface area contributed by atoms with Gasteiger partial charge in [0.1, 0.15) is 10.6 Å². The van der Waals surface area contributed by atoms with Crippen molar-refractivity contribution in [2.75, 3.05) is 14.2 Å². The zero-order chi connectivity index (χ0) is 22.0. The van der Waals surface area contributed by atoms with Gasteiger partial charge in [-0.05, 0) is 31.0 Å². The number of aromatic nitrogens is 4. The Morgan fingerprint density at radius 1 is 1.19 bits per heavy atom. The minimum atomic E-state index is -3.62. The molecule has 1 aliphatic carbocycles. The molecule has 0 bridgehead atoms. The van der Waals surface area contributed by atoms with Crippen LogP contribution in [0.5, 0.6) is 5.75 Å². The number of methoxy groups -OCH3 is 1. The number of nitrogens with zero attached hydrogens (tertiary/aromatic N) is 4. The van der Waals surface area contributed by atoms with Crippen LogP contribution in [0.1, 0.15) is 36.8 Å². The van der Waals surface area contributed by atoms with E-state index in [0.717, 1.165) is 31.2 Å². The summed E-state index contributed by atoms with van der Waals surface area (Å²) in [5.41, 5.74) is 1.04. The molecule has 9 nitrogen and oxygen atoms in total. The lowest BCUT2D eigenvalue weighted by Crippen LogP contribution is -2.35. The highest BCUT2D eigenvalue weighted by atomic mass is 32.2. The quantitative estimate of drug-likeness (QED) is 0.599. The van der Waals surface area contributed by atoms with Gasteiger partial charge in [0.25, 0.3) is 5.56 Å². The molecule has 1 N–H and O–H groups in total. The first-order valence-electron chi connectivity index (χ1n) is 10.1. The van der Waals surface area contributed by atoms with Crippen molar-refractivity contribution in [1.29, 1.82) is 0 Å². The summed E-state index contributed by atoms with van der Waals surface area (Å²) in [4.78, 5) is 21.3. The molecule has 0 saturated heterocycles. The normalized spacial score (nSPS) is 14.9. The largest absolute Gasteiger partial charge is 0.496 e. The Kier molecular flexibility index (Phi) is 5.92. The molecule has 1 fully saturated rings. The van der Waals surface area contributed by atoms with Gasteiger partial charge in [-0.15, -0.1) is 0 Å². The van der Waals surface area contributed by atoms with Crippen molar-refractivity contribution in [3.63, 3.8) is 0 Å². The zero-order valence-corrected chi connectivity index (χ0v) is 18.3. The summed E-state index contributed by atoms with van der Waals surface area (Å²) in [5.74, 6) is 0.970. The molecule has 164 valence electrons. The van der Waals surface area contributed by atoms with Crippen LogP contribution in [0.3, 0.4) is 0 Å². The average molecular weight is 444 g/mol. The van der Waals surface area contributed by atoms with Crippen molar-refractivity contribution >= 4 is 10.0 Å². The molecule has 0 unspecified atom stereocenters. The van der Waals surface area contributed by atoms with Crippen molar-refractivity contribution in [3.8, 4) is 11.6 Å². The number of hydrogen-bond acceptors (Lipinski definition) is 6. The van der Waals surface area contributed by atoms with E-state index < -0.39 is 10.0 Å². The Morgan fingerprint density at radius 3 is 2.65 bits per heavy atom. The molecule has 3 heterocycles. The van der Waals surface area contributed by atoms with Crippen LogP contribution in [0, 0.1) is 0 Å². The van der Waals surface area contributed by atoms with Crippen molar-refractivity contribution in [2.24, 2.45) is 0 Å². The highest BCUT2D eigenvalue weighted by molar-refractivity contribution is 7.89. The predicted molar refractivity (Wildman–Crippen MR) is 115 cm³/mol. The Balaban J connectivity index is 1.57. The van der Waals surface area contributed by atoms with Gasteiger partial charge in [0.15, 0.2) is 5.82 Å². The number of aromatic amines is 1. The fourth-order valence-electron chi connectivity index (χ4n) is 3.94. The second-order valence-electron chi connectivity index (χ2n) is 7.62. The maximum Gasteiger partial charge on any atom is 0.276 e. The van der Waals surface area contributed by atoms with Gasteiger partial charge in [0.05, 0.1) is 7.11 Å². The molecular formula is C21H25N5O4S. The molecule has 0 aliphatic heterocycles. The van der Waals surface area contributed by atoms with E-state index in [2.05, 4.69) is 15.1 Å². The smallest absolute Gasteiger partial charge is 0.276 e. The Hall–Kier alpha value is -2.98. The molecule has 3 aromatic rings. The minimum Gasteiger partial charge on any atom is -0.496 e. The zero-order valence-electron chi connectivity index (χ0n) is 17.5. The summed E-state index contributed by atoms with van der Waals surface area (Å²) in [6, 6.07) is 4.79. The second-order valence-corrected chi connectivity index (χ2v) is 9.61. The summed E-state index contributed by atoms with van der Waals surface area (Å²) in [6.07, 6.45) is 10.4. The SMILES string of the molecule is COc1ccncc1Cc1c[nH]n(-c2ccc(S(=O)(=O)N(C)C3CCCC3)cn2)c1=O. The molecule has 1 aliphatic rings. The van der Waals surface area contributed by atoms with Gasteiger partial charge in [0, 0.05) is 55.4 Å². The molecule has 0 radical (unpaired) electrons. The van der Waals surface area contributed by atoms with E-state index in [-0.39, 0.29) is 16.5 Å². The number of hydrogen-bond donors (Lipinski definition) is 1. The summed E-state index contributed by atoms with van der Waals surface area (Å²) < 4.78 is 33.8. The van der Waals surface area contributed by atoms with E-state index in [1.54, 1.807) is 38.8 Å². The number of H-pyrrole nitrogens is 1. The molecular weight excluding hydrogens is 418 g/mol. The van der Waals surface area contributed by atoms with Crippen LogP contribution < -0.4 is 10.3 Å². The number of rotatable bonds is 7. The van der Waals surface area contributed by atoms with Crippen LogP contribution in [0.15, 0.2) is 52.7 Å². The summed E-state index contributed by atoms with van der Waals surface area (Å²) in [5, 5.41) is 2.89. The van der Waals surface area contributed by atoms with Gasteiger partial charge in [-0.2, -0.15) is 4.31 Å². The van der Waals surface area contributed by atoms with E-state index in [1.807, 2.05) is 0 Å². The van der Waals surface area contributed by atoms with Crippen LogP contribution in [0.25, 0.3) is 5.82 Å². The monoisotopic (exact) mass is 443 g/mol. The predicted octanol–water partition coefficient (Wildman–Crippen LogP) is 2.12. The first-order chi connectivity index (χ1) is 14.9. The number of sulfonamides is 1. The van der Waals surface area contributed by atoms with Crippen LogP contribution in [0.2, 0.25) is 0 Å². The lowest BCUT2D eigenvalue weighted by Gasteiger charge is -2.23. The van der Waals surface area contributed by atoms with Gasteiger partial charge in [-0.25, -0.2) is 18.1 Å². The van der Waals surface area contributed by atoms with Gasteiger partial charge in [0.2, 0.25) is 10.0 Å². The highest BCUT2D eigenvalue weighted by Gasteiger charge is 2.30. The van der Waals surface area contributed by atoms with E-state index in [4.69, 9.17) is 4.74 Å². The first kappa shape index (κ1) is 21.3. The third-order valence-corrected chi connectivity index (χ3v) is 7.66. The maximum absolute atomic E-state index is 12.9. The molecule has 1 saturated carbocycles. The summed E-state index contributed by atoms with van der Waals surface area (Å²) in [7, 11) is -0.436. The van der Waals surface area contributed by atoms with Crippen LogP contribution in [0.4, 0.5) is 0 Å².